The molecule has 1 heterocycles. The first kappa shape index (κ1) is 8.45. The summed E-state index contributed by atoms with van der Waals surface area (Å²) in [6.45, 7) is 0. The Labute approximate surface area is 68.6 Å². The van der Waals surface area contributed by atoms with Gasteiger partial charge in [0.15, 0.2) is 5.69 Å². The molecular weight excluding hydrogens is 225 g/mol. The topological polar surface area (TPSA) is 25.8 Å². The highest BCUT2D eigenvalue weighted by Crippen LogP contribution is 2.28. The summed E-state index contributed by atoms with van der Waals surface area (Å²) in [6.07, 6.45) is -3.23. The van der Waals surface area contributed by atoms with E-state index in [1.807, 2.05) is 0 Å². The van der Waals surface area contributed by atoms with E-state index in [1.165, 1.54) is 6.20 Å². The molecule has 0 unspecified atom stereocenters. The van der Waals surface area contributed by atoms with Gasteiger partial charge in [0, 0.05) is 4.47 Å². The molecule has 0 bridgehead atoms. The van der Waals surface area contributed by atoms with Crippen LogP contribution >= 0.6 is 15.9 Å². The summed E-state index contributed by atoms with van der Waals surface area (Å²) >= 11 is 2.85. The second-order valence-corrected chi connectivity index (χ2v) is 2.67. The molecular formula is C5H2BrF3N2. The highest BCUT2D eigenvalue weighted by molar-refractivity contribution is 9.10. The Kier molecular flexibility index (Phi) is 2.12. The lowest BCUT2D eigenvalue weighted by Crippen LogP contribution is -2.08. The molecule has 0 atom stereocenters. The molecule has 1 aromatic rings. The quantitative estimate of drug-likeness (QED) is 0.679. The first-order valence-corrected chi connectivity index (χ1v) is 3.35. The van der Waals surface area contributed by atoms with Gasteiger partial charge in [-0.25, -0.2) is 0 Å². The Morgan fingerprint density at radius 3 is 2.36 bits per heavy atom. The van der Waals surface area contributed by atoms with Crippen molar-refractivity contribution in [1.29, 1.82) is 0 Å². The molecule has 0 radical (unpaired) electrons. The van der Waals surface area contributed by atoms with Crippen molar-refractivity contribution in [3.63, 3.8) is 0 Å². The van der Waals surface area contributed by atoms with E-state index < -0.39 is 11.9 Å². The van der Waals surface area contributed by atoms with Gasteiger partial charge in [-0.15, -0.1) is 5.10 Å². The van der Waals surface area contributed by atoms with Crippen molar-refractivity contribution in [2.75, 3.05) is 0 Å². The van der Waals surface area contributed by atoms with Crippen molar-refractivity contribution >= 4 is 15.9 Å². The van der Waals surface area contributed by atoms with Crippen LogP contribution in [0, 0.1) is 0 Å². The van der Waals surface area contributed by atoms with Crippen LogP contribution < -0.4 is 0 Å². The van der Waals surface area contributed by atoms with Crippen LogP contribution in [0.5, 0.6) is 0 Å². The van der Waals surface area contributed by atoms with E-state index in [0.29, 0.717) is 0 Å². The predicted octanol–water partition coefficient (Wildman–Crippen LogP) is 2.26. The smallest absolute Gasteiger partial charge is 0.164 e. The fourth-order valence-electron chi connectivity index (χ4n) is 0.481. The van der Waals surface area contributed by atoms with Crippen molar-refractivity contribution in [2.45, 2.75) is 6.18 Å². The minimum atomic E-state index is -4.42. The lowest BCUT2D eigenvalue weighted by Gasteiger charge is -2.02. The summed E-state index contributed by atoms with van der Waals surface area (Å²) in [5.41, 5.74) is -0.994. The highest BCUT2D eigenvalue weighted by Gasteiger charge is 2.32. The van der Waals surface area contributed by atoms with Crippen molar-refractivity contribution < 1.29 is 13.2 Å². The number of aromatic nitrogens is 2. The van der Waals surface area contributed by atoms with Gasteiger partial charge in [-0.2, -0.15) is 18.3 Å². The lowest BCUT2D eigenvalue weighted by molar-refractivity contribution is -0.141. The maximum absolute atomic E-state index is 11.8. The van der Waals surface area contributed by atoms with Gasteiger partial charge in [0.2, 0.25) is 0 Å². The van der Waals surface area contributed by atoms with E-state index in [4.69, 9.17) is 0 Å². The third-order valence-corrected chi connectivity index (χ3v) is 1.35. The van der Waals surface area contributed by atoms with Crippen molar-refractivity contribution in [3.8, 4) is 0 Å². The standard InChI is InChI=1S/C5H2BrF3N2/c6-3-1-4(5(7,8)9)11-10-2-3/h1-2H. The molecule has 0 N–H and O–H groups in total. The van der Waals surface area contributed by atoms with E-state index in [1.54, 1.807) is 0 Å². The summed E-state index contributed by atoms with van der Waals surface area (Å²) in [5, 5.41) is 6.04. The summed E-state index contributed by atoms with van der Waals surface area (Å²) in [6, 6.07) is 0.868. The number of hydrogen-bond acceptors (Lipinski definition) is 2. The maximum atomic E-state index is 11.8. The number of alkyl halides is 3. The van der Waals surface area contributed by atoms with Crippen LogP contribution in [-0.4, -0.2) is 10.2 Å². The van der Waals surface area contributed by atoms with Gasteiger partial charge in [-0.3, -0.25) is 0 Å². The van der Waals surface area contributed by atoms with E-state index in [0.717, 1.165) is 6.07 Å². The Hall–Kier alpha value is -0.650. The van der Waals surface area contributed by atoms with Gasteiger partial charge in [0.25, 0.3) is 0 Å². The molecule has 6 heteroatoms. The van der Waals surface area contributed by atoms with Crippen LogP contribution in [0.15, 0.2) is 16.7 Å². The SMILES string of the molecule is FC(F)(F)c1cc(Br)cnn1. The molecule has 1 rings (SSSR count). The zero-order valence-electron chi connectivity index (χ0n) is 5.06. The summed E-state index contributed by atoms with van der Waals surface area (Å²) in [4.78, 5) is 0. The lowest BCUT2D eigenvalue weighted by atomic mass is 10.4. The van der Waals surface area contributed by atoms with Gasteiger partial charge in [-0.1, -0.05) is 0 Å². The van der Waals surface area contributed by atoms with Gasteiger partial charge in [-0.05, 0) is 22.0 Å². The third-order valence-electron chi connectivity index (χ3n) is 0.912. The predicted molar refractivity (Wildman–Crippen MR) is 34.7 cm³/mol. The number of nitrogens with zero attached hydrogens (tertiary/aromatic N) is 2. The largest absolute Gasteiger partial charge is 0.435 e. The van der Waals surface area contributed by atoms with E-state index >= 15 is 0 Å². The van der Waals surface area contributed by atoms with E-state index in [-0.39, 0.29) is 4.47 Å². The molecule has 1 aromatic heterocycles. The number of halogens is 4. The molecule has 0 aliphatic rings. The zero-order valence-corrected chi connectivity index (χ0v) is 6.65. The molecule has 0 amide bonds. The first-order chi connectivity index (χ1) is 5.00. The average Bonchev–Trinajstić information content (AvgIpc) is 1.86. The maximum Gasteiger partial charge on any atom is 0.435 e. The minimum absolute atomic E-state index is 0.264. The zero-order chi connectivity index (χ0) is 8.48. The summed E-state index contributed by atoms with van der Waals surface area (Å²) in [7, 11) is 0. The molecule has 0 aliphatic heterocycles. The van der Waals surface area contributed by atoms with Crippen LogP contribution in [0.2, 0.25) is 0 Å². The summed E-state index contributed by atoms with van der Waals surface area (Å²) in [5.74, 6) is 0. The molecule has 0 spiro atoms. The molecule has 60 valence electrons. The Morgan fingerprint density at radius 2 is 2.00 bits per heavy atom. The van der Waals surface area contributed by atoms with Crippen LogP contribution in [0.25, 0.3) is 0 Å². The van der Waals surface area contributed by atoms with Crippen LogP contribution in [0.1, 0.15) is 5.69 Å². The number of hydrogen-bond donors (Lipinski definition) is 0. The highest BCUT2D eigenvalue weighted by atomic mass is 79.9. The molecule has 0 fully saturated rings. The van der Waals surface area contributed by atoms with E-state index in [2.05, 4.69) is 26.1 Å². The molecule has 0 saturated heterocycles. The Bertz CT molecular complexity index is 260. The van der Waals surface area contributed by atoms with Gasteiger partial charge < -0.3 is 0 Å². The van der Waals surface area contributed by atoms with Gasteiger partial charge in [0.05, 0.1) is 6.20 Å². The fraction of sp³-hybridized carbons (Fsp3) is 0.200. The van der Waals surface area contributed by atoms with Crippen LogP contribution in [0.3, 0.4) is 0 Å². The second kappa shape index (κ2) is 2.77. The molecule has 0 aromatic carbocycles. The van der Waals surface area contributed by atoms with Crippen LogP contribution in [0.4, 0.5) is 13.2 Å². The molecule has 2 nitrogen and oxygen atoms in total. The Balaban J connectivity index is 3.06. The molecule has 0 saturated carbocycles. The van der Waals surface area contributed by atoms with Crippen molar-refractivity contribution in [2.24, 2.45) is 0 Å². The fourth-order valence-corrected chi connectivity index (χ4v) is 0.790. The average molecular weight is 227 g/mol. The number of rotatable bonds is 0. The van der Waals surface area contributed by atoms with Gasteiger partial charge in [0.1, 0.15) is 0 Å². The van der Waals surface area contributed by atoms with E-state index in [9.17, 15) is 13.2 Å². The van der Waals surface area contributed by atoms with Crippen molar-refractivity contribution in [1.82, 2.24) is 10.2 Å². The Morgan fingerprint density at radius 1 is 1.36 bits per heavy atom. The van der Waals surface area contributed by atoms with Crippen molar-refractivity contribution in [3.05, 3.63) is 22.4 Å². The summed E-state index contributed by atoms with van der Waals surface area (Å²) < 4.78 is 35.8. The molecule has 11 heavy (non-hydrogen) atoms. The minimum Gasteiger partial charge on any atom is -0.164 e. The van der Waals surface area contributed by atoms with Crippen LogP contribution in [-0.2, 0) is 6.18 Å². The second-order valence-electron chi connectivity index (χ2n) is 1.76. The first-order valence-electron chi connectivity index (χ1n) is 2.55. The monoisotopic (exact) mass is 226 g/mol. The van der Waals surface area contributed by atoms with Gasteiger partial charge >= 0.3 is 6.18 Å². The normalized spacial score (nSPS) is 11.6. The third kappa shape index (κ3) is 2.14. The molecule has 0 aliphatic carbocycles.